The molecule has 1 fully saturated rings. The van der Waals surface area contributed by atoms with Crippen molar-refractivity contribution >= 4 is 30.0 Å². The fraction of sp³-hybridized carbons (Fsp3) is 0.200. The number of nitrogens with one attached hydrogen (secondary N) is 1. The summed E-state index contributed by atoms with van der Waals surface area (Å²) in [5.74, 6) is 0.713. The fourth-order valence-electron chi connectivity index (χ4n) is 1.79. The first-order chi connectivity index (χ1) is 6.83. The number of hydrogen-bond donors (Lipinski definition) is 1. The van der Waals surface area contributed by atoms with Crippen LogP contribution in [-0.2, 0) is 11.3 Å². The first kappa shape index (κ1) is 9.98. The highest BCUT2D eigenvalue weighted by Gasteiger charge is 2.28. The zero-order valence-electron chi connectivity index (χ0n) is 7.93. The van der Waals surface area contributed by atoms with Crippen molar-refractivity contribution in [2.45, 2.75) is 6.54 Å². The lowest BCUT2D eigenvalue weighted by atomic mass is 10.1. The maximum absolute atomic E-state index is 11.1. The van der Waals surface area contributed by atoms with Crippen molar-refractivity contribution in [2.75, 3.05) is 6.54 Å². The molecule has 2 heterocycles. The Morgan fingerprint density at radius 2 is 2.07 bits per heavy atom. The van der Waals surface area contributed by atoms with Crippen molar-refractivity contribution in [2.24, 2.45) is 4.99 Å². The van der Waals surface area contributed by atoms with Crippen LogP contribution in [-0.4, -0.2) is 23.3 Å². The minimum absolute atomic E-state index is 0. The predicted octanol–water partition coefficient (Wildman–Crippen LogP) is 1.04. The van der Waals surface area contributed by atoms with Gasteiger partial charge in [-0.2, -0.15) is 0 Å². The minimum Gasteiger partial charge on any atom is -0.329 e. The molecule has 5 heteroatoms. The lowest BCUT2D eigenvalue weighted by Crippen LogP contribution is -2.31. The van der Waals surface area contributed by atoms with Crippen LogP contribution in [0.4, 0.5) is 5.69 Å². The van der Waals surface area contributed by atoms with Gasteiger partial charge in [0.2, 0.25) is 11.9 Å². The number of halogens is 1. The van der Waals surface area contributed by atoms with E-state index in [1.165, 1.54) is 5.56 Å². The topological polar surface area (TPSA) is 44.7 Å². The lowest BCUT2D eigenvalue weighted by Gasteiger charge is -2.22. The number of guanidine groups is 1. The van der Waals surface area contributed by atoms with Crippen LogP contribution in [0.15, 0.2) is 29.3 Å². The van der Waals surface area contributed by atoms with Gasteiger partial charge in [0.05, 0.1) is 5.69 Å². The van der Waals surface area contributed by atoms with E-state index < -0.39 is 0 Å². The Kier molecular flexibility index (Phi) is 2.36. The summed E-state index contributed by atoms with van der Waals surface area (Å²) >= 11 is 0. The Labute approximate surface area is 93.4 Å². The summed E-state index contributed by atoms with van der Waals surface area (Å²) in [6.45, 7) is 1.20. The van der Waals surface area contributed by atoms with Crippen molar-refractivity contribution in [3.05, 3.63) is 29.8 Å². The average Bonchev–Trinajstić information content (AvgIpc) is 2.53. The summed E-state index contributed by atoms with van der Waals surface area (Å²) in [4.78, 5) is 17.4. The van der Waals surface area contributed by atoms with Gasteiger partial charge in [-0.3, -0.25) is 10.1 Å². The van der Waals surface area contributed by atoms with Crippen LogP contribution in [0.5, 0.6) is 0 Å². The molecule has 0 aliphatic carbocycles. The molecule has 2 aliphatic heterocycles. The molecule has 0 radical (unpaired) electrons. The van der Waals surface area contributed by atoms with Gasteiger partial charge in [0, 0.05) is 6.54 Å². The largest absolute Gasteiger partial charge is 0.329 e. The highest BCUT2D eigenvalue weighted by molar-refractivity contribution is 6.05. The van der Waals surface area contributed by atoms with E-state index in [-0.39, 0.29) is 18.3 Å². The number of para-hydroxylation sites is 1. The zero-order valence-corrected chi connectivity index (χ0v) is 8.75. The zero-order chi connectivity index (χ0) is 9.54. The summed E-state index contributed by atoms with van der Waals surface area (Å²) in [6, 6.07) is 7.95. The Bertz CT molecular complexity index is 444. The van der Waals surface area contributed by atoms with Crippen molar-refractivity contribution in [1.82, 2.24) is 10.2 Å². The molecular formula is C10H10ClN3O. The third-order valence-corrected chi connectivity index (χ3v) is 2.46. The number of carbonyl (C=O) groups is 1. The molecule has 0 aromatic heterocycles. The number of benzene rings is 1. The summed E-state index contributed by atoms with van der Waals surface area (Å²) in [7, 11) is 0. The molecule has 15 heavy (non-hydrogen) atoms. The summed E-state index contributed by atoms with van der Waals surface area (Å²) in [6.07, 6.45) is 0. The van der Waals surface area contributed by atoms with E-state index in [2.05, 4.69) is 10.3 Å². The van der Waals surface area contributed by atoms with Crippen molar-refractivity contribution in [1.29, 1.82) is 0 Å². The van der Waals surface area contributed by atoms with Crippen LogP contribution in [0.1, 0.15) is 5.56 Å². The smallest absolute Gasteiger partial charge is 0.246 e. The van der Waals surface area contributed by atoms with E-state index in [4.69, 9.17) is 0 Å². The molecule has 0 bridgehead atoms. The van der Waals surface area contributed by atoms with E-state index in [9.17, 15) is 4.79 Å². The van der Waals surface area contributed by atoms with Crippen molar-refractivity contribution in [3.63, 3.8) is 0 Å². The molecule has 0 saturated carbocycles. The Morgan fingerprint density at radius 3 is 2.93 bits per heavy atom. The second kappa shape index (κ2) is 3.55. The molecule has 2 aliphatic rings. The van der Waals surface area contributed by atoms with Crippen molar-refractivity contribution < 1.29 is 4.79 Å². The fourth-order valence-corrected chi connectivity index (χ4v) is 1.79. The van der Waals surface area contributed by atoms with Crippen LogP contribution < -0.4 is 5.32 Å². The van der Waals surface area contributed by atoms with Crippen LogP contribution >= 0.6 is 12.4 Å². The van der Waals surface area contributed by atoms with Crippen molar-refractivity contribution in [3.8, 4) is 0 Å². The molecule has 1 amide bonds. The number of fused-ring (bicyclic) bond motifs is 2. The highest BCUT2D eigenvalue weighted by Crippen LogP contribution is 2.26. The molecule has 78 valence electrons. The molecule has 0 spiro atoms. The number of aliphatic imine (C=N–C) groups is 1. The second-order valence-electron chi connectivity index (χ2n) is 3.47. The second-order valence-corrected chi connectivity index (χ2v) is 3.47. The Hall–Kier alpha value is -1.55. The van der Waals surface area contributed by atoms with Gasteiger partial charge in [-0.15, -0.1) is 12.4 Å². The molecule has 0 unspecified atom stereocenters. The third-order valence-electron chi connectivity index (χ3n) is 2.46. The Balaban J connectivity index is 0.000000853. The molecule has 1 aromatic rings. The maximum Gasteiger partial charge on any atom is 0.246 e. The number of amides is 1. The average molecular weight is 224 g/mol. The molecule has 4 nitrogen and oxygen atoms in total. The maximum atomic E-state index is 11.1. The lowest BCUT2D eigenvalue weighted by molar-refractivity contribution is -0.118. The van der Waals surface area contributed by atoms with Crippen LogP contribution in [0, 0.1) is 0 Å². The SMILES string of the molecule is Cl.O=C1CN2Cc3ccccc3N=C2N1. The number of nitrogens with zero attached hydrogens (tertiary/aromatic N) is 2. The first-order valence-corrected chi connectivity index (χ1v) is 4.54. The standard InChI is InChI=1S/C10H9N3O.ClH/c14-9-6-13-5-7-3-1-2-4-8(7)11-10(13)12-9;/h1-4H,5-6H2,(H,11,12,14);1H. The van der Waals surface area contributed by atoms with Gasteiger partial charge in [0.15, 0.2) is 0 Å². The molecule has 3 rings (SSSR count). The van der Waals surface area contributed by atoms with Gasteiger partial charge in [-0.25, -0.2) is 4.99 Å². The van der Waals surface area contributed by atoms with Gasteiger partial charge in [-0.05, 0) is 11.6 Å². The summed E-state index contributed by atoms with van der Waals surface area (Å²) in [5, 5.41) is 2.73. The number of carbonyl (C=O) groups excluding carboxylic acids is 1. The Morgan fingerprint density at radius 1 is 1.27 bits per heavy atom. The van der Waals surface area contributed by atoms with Gasteiger partial charge in [0.25, 0.3) is 0 Å². The number of hydrogen-bond acceptors (Lipinski definition) is 3. The van der Waals surface area contributed by atoms with Gasteiger partial charge < -0.3 is 4.90 Å². The van der Waals surface area contributed by atoms with E-state index in [0.717, 1.165) is 12.2 Å². The summed E-state index contributed by atoms with van der Waals surface area (Å²) in [5.41, 5.74) is 2.13. The molecule has 1 N–H and O–H groups in total. The van der Waals surface area contributed by atoms with E-state index in [1.54, 1.807) is 0 Å². The van der Waals surface area contributed by atoms with Gasteiger partial charge >= 0.3 is 0 Å². The quantitative estimate of drug-likeness (QED) is 0.715. The minimum atomic E-state index is 0. The molecular weight excluding hydrogens is 214 g/mol. The molecule has 1 saturated heterocycles. The highest BCUT2D eigenvalue weighted by atomic mass is 35.5. The third kappa shape index (κ3) is 1.57. The number of rotatable bonds is 0. The summed E-state index contributed by atoms with van der Waals surface area (Å²) < 4.78 is 0. The van der Waals surface area contributed by atoms with E-state index in [0.29, 0.717) is 12.5 Å². The van der Waals surface area contributed by atoms with Crippen LogP contribution in [0.3, 0.4) is 0 Å². The van der Waals surface area contributed by atoms with E-state index >= 15 is 0 Å². The monoisotopic (exact) mass is 223 g/mol. The normalized spacial score (nSPS) is 17.2. The predicted molar refractivity (Wildman–Crippen MR) is 59.3 cm³/mol. The van der Waals surface area contributed by atoms with E-state index in [1.807, 2.05) is 29.2 Å². The van der Waals surface area contributed by atoms with Gasteiger partial charge in [-0.1, -0.05) is 18.2 Å². The first-order valence-electron chi connectivity index (χ1n) is 4.54. The molecule has 1 aromatic carbocycles. The molecule has 0 atom stereocenters. The van der Waals surface area contributed by atoms with Crippen LogP contribution in [0.2, 0.25) is 0 Å². The van der Waals surface area contributed by atoms with Crippen LogP contribution in [0.25, 0.3) is 0 Å². The van der Waals surface area contributed by atoms with Gasteiger partial charge in [0.1, 0.15) is 6.54 Å².